The van der Waals surface area contributed by atoms with Crippen LogP contribution in [0, 0.1) is 0 Å². The van der Waals surface area contributed by atoms with E-state index in [2.05, 4.69) is 10.3 Å². The van der Waals surface area contributed by atoms with Crippen LogP contribution in [0.4, 0.5) is 5.13 Å². The van der Waals surface area contributed by atoms with Crippen molar-refractivity contribution in [3.63, 3.8) is 0 Å². The SMILES string of the molecule is CCOc1ccc2nc(NC(=O)[C@@H](C)N)sc2c1. The van der Waals surface area contributed by atoms with E-state index in [4.69, 9.17) is 10.5 Å². The van der Waals surface area contributed by atoms with Crippen molar-refractivity contribution in [3.8, 4) is 5.75 Å². The zero-order valence-electron chi connectivity index (χ0n) is 10.3. The molecule has 1 atom stereocenters. The van der Waals surface area contributed by atoms with Crippen molar-refractivity contribution in [1.82, 2.24) is 4.98 Å². The van der Waals surface area contributed by atoms with Crippen LogP contribution in [0.2, 0.25) is 0 Å². The van der Waals surface area contributed by atoms with Crippen LogP contribution in [0.15, 0.2) is 18.2 Å². The first kappa shape index (κ1) is 12.8. The van der Waals surface area contributed by atoms with Crippen molar-refractivity contribution >= 4 is 32.6 Å². The fraction of sp³-hybridized carbons (Fsp3) is 0.333. The maximum Gasteiger partial charge on any atom is 0.242 e. The smallest absolute Gasteiger partial charge is 0.242 e. The number of hydrogen-bond donors (Lipinski definition) is 2. The Morgan fingerprint density at radius 1 is 1.61 bits per heavy atom. The van der Waals surface area contributed by atoms with Crippen LogP contribution in [-0.4, -0.2) is 23.5 Å². The Hall–Kier alpha value is -1.66. The van der Waals surface area contributed by atoms with Gasteiger partial charge in [0.25, 0.3) is 0 Å². The number of carbonyl (C=O) groups is 1. The summed E-state index contributed by atoms with van der Waals surface area (Å²) >= 11 is 1.40. The Morgan fingerprint density at radius 2 is 2.39 bits per heavy atom. The monoisotopic (exact) mass is 265 g/mol. The zero-order chi connectivity index (χ0) is 13.1. The van der Waals surface area contributed by atoms with Crippen molar-refractivity contribution in [2.45, 2.75) is 19.9 Å². The molecule has 5 nitrogen and oxygen atoms in total. The number of amides is 1. The van der Waals surface area contributed by atoms with E-state index in [1.807, 2.05) is 25.1 Å². The number of aromatic nitrogens is 1. The minimum atomic E-state index is -0.545. The van der Waals surface area contributed by atoms with Gasteiger partial charge in [-0.3, -0.25) is 4.79 Å². The summed E-state index contributed by atoms with van der Waals surface area (Å²) in [5.74, 6) is 0.567. The zero-order valence-corrected chi connectivity index (χ0v) is 11.1. The quantitative estimate of drug-likeness (QED) is 0.886. The van der Waals surface area contributed by atoms with Gasteiger partial charge < -0.3 is 15.8 Å². The normalized spacial score (nSPS) is 12.4. The van der Waals surface area contributed by atoms with Gasteiger partial charge in [0.2, 0.25) is 5.91 Å². The van der Waals surface area contributed by atoms with Gasteiger partial charge in [0, 0.05) is 0 Å². The lowest BCUT2D eigenvalue weighted by molar-refractivity contribution is -0.117. The number of anilines is 1. The highest BCUT2D eigenvalue weighted by Crippen LogP contribution is 2.29. The molecule has 0 aliphatic rings. The minimum absolute atomic E-state index is 0.237. The third-order valence-electron chi connectivity index (χ3n) is 2.31. The molecule has 0 aliphatic carbocycles. The van der Waals surface area contributed by atoms with Crippen LogP contribution in [0.3, 0.4) is 0 Å². The maximum absolute atomic E-state index is 11.5. The summed E-state index contributed by atoms with van der Waals surface area (Å²) in [5, 5.41) is 3.24. The van der Waals surface area contributed by atoms with Crippen LogP contribution in [0.5, 0.6) is 5.75 Å². The molecule has 6 heteroatoms. The van der Waals surface area contributed by atoms with Gasteiger partial charge in [-0.2, -0.15) is 0 Å². The third-order valence-corrected chi connectivity index (χ3v) is 3.25. The molecule has 0 unspecified atom stereocenters. The molecule has 1 heterocycles. The molecule has 3 N–H and O–H groups in total. The van der Waals surface area contributed by atoms with Crippen molar-refractivity contribution in [3.05, 3.63) is 18.2 Å². The summed E-state index contributed by atoms with van der Waals surface area (Å²) in [7, 11) is 0. The summed E-state index contributed by atoms with van der Waals surface area (Å²) in [6.07, 6.45) is 0. The number of nitrogens with one attached hydrogen (secondary N) is 1. The molecule has 0 radical (unpaired) electrons. The third kappa shape index (κ3) is 2.77. The summed E-state index contributed by atoms with van der Waals surface area (Å²) in [4.78, 5) is 15.8. The fourth-order valence-corrected chi connectivity index (χ4v) is 2.33. The molecule has 18 heavy (non-hydrogen) atoms. The molecule has 2 rings (SSSR count). The van der Waals surface area contributed by atoms with E-state index < -0.39 is 6.04 Å². The van der Waals surface area contributed by atoms with Crippen molar-refractivity contribution in [2.24, 2.45) is 5.73 Å². The Bertz CT molecular complexity index is 565. The number of nitrogens with zero attached hydrogens (tertiary/aromatic N) is 1. The first-order chi connectivity index (χ1) is 8.60. The first-order valence-corrected chi connectivity index (χ1v) is 6.51. The van der Waals surface area contributed by atoms with Crippen LogP contribution < -0.4 is 15.8 Å². The van der Waals surface area contributed by atoms with Crippen molar-refractivity contribution in [1.29, 1.82) is 0 Å². The number of benzene rings is 1. The van der Waals surface area contributed by atoms with Gasteiger partial charge in [0.05, 0.1) is 22.9 Å². The van der Waals surface area contributed by atoms with Crippen LogP contribution >= 0.6 is 11.3 Å². The highest BCUT2D eigenvalue weighted by Gasteiger charge is 2.11. The number of ether oxygens (including phenoxy) is 1. The molecule has 1 amide bonds. The van der Waals surface area contributed by atoms with Crippen LogP contribution in [0.25, 0.3) is 10.2 Å². The topological polar surface area (TPSA) is 77.2 Å². The Labute approximate surface area is 109 Å². The summed E-state index contributed by atoms with van der Waals surface area (Å²) in [5.41, 5.74) is 6.32. The molecule has 1 aromatic carbocycles. The number of rotatable bonds is 4. The van der Waals surface area contributed by atoms with E-state index in [9.17, 15) is 4.79 Å². The molecule has 0 bridgehead atoms. The molecule has 0 saturated carbocycles. The van der Waals surface area contributed by atoms with E-state index in [0.29, 0.717) is 11.7 Å². The molecule has 0 saturated heterocycles. The molecule has 0 spiro atoms. The molecular formula is C12H15N3O2S. The van der Waals surface area contributed by atoms with Gasteiger partial charge in [-0.05, 0) is 32.0 Å². The van der Waals surface area contributed by atoms with E-state index in [1.54, 1.807) is 6.92 Å². The van der Waals surface area contributed by atoms with Gasteiger partial charge in [0.1, 0.15) is 5.75 Å². The van der Waals surface area contributed by atoms with Gasteiger partial charge in [-0.1, -0.05) is 11.3 Å². The average molecular weight is 265 g/mol. The predicted molar refractivity (Wildman–Crippen MR) is 73.1 cm³/mol. The minimum Gasteiger partial charge on any atom is -0.494 e. The molecule has 2 aromatic rings. The second-order valence-electron chi connectivity index (χ2n) is 3.86. The van der Waals surface area contributed by atoms with Gasteiger partial charge in [-0.25, -0.2) is 4.98 Å². The standard InChI is InChI=1S/C12H15N3O2S/c1-3-17-8-4-5-9-10(6-8)18-12(14-9)15-11(16)7(2)13/h4-7H,3,13H2,1-2H3,(H,14,15,16)/t7-/m1/s1. The predicted octanol–water partition coefficient (Wildman–Crippen LogP) is 1.98. The molecule has 1 aromatic heterocycles. The summed E-state index contributed by atoms with van der Waals surface area (Å²) in [6, 6.07) is 5.11. The summed E-state index contributed by atoms with van der Waals surface area (Å²) in [6.45, 7) is 4.19. The summed E-state index contributed by atoms with van der Waals surface area (Å²) < 4.78 is 6.39. The lowest BCUT2D eigenvalue weighted by Crippen LogP contribution is -2.32. The molecule has 0 aliphatic heterocycles. The number of hydrogen-bond acceptors (Lipinski definition) is 5. The number of thiazole rings is 1. The van der Waals surface area contributed by atoms with E-state index in [1.165, 1.54) is 11.3 Å². The van der Waals surface area contributed by atoms with Gasteiger partial charge >= 0.3 is 0 Å². The lowest BCUT2D eigenvalue weighted by Gasteiger charge is -2.02. The maximum atomic E-state index is 11.5. The highest BCUT2D eigenvalue weighted by atomic mass is 32.1. The number of carbonyl (C=O) groups excluding carboxylic acids is 1. The van der Waals surface area contributed by atoms with Crippen molar-refractivity contribution < 1.29 is 9.53 Å². The average Bonchev–Trinajstić information content (AvgIpc) is 2.70. The second-order valence-corrected chi connectivity index (χ2v) is 4.89. The second kappa shape index (κ2) is 5.32. The van der Waals surface area contributed by atoms with Crippen LogP contribution in [-0.2, 0) is 4.79 Å². The Balaban J connectivity index is 2.24. The van der Waals surface area contributed by atoms with Gasteiger partial charge in [0.15, 0.2) is 5.13 Å². The molecular weight excluding hydrogens is 250 g/mol. The largest absolute Gasteiger partial charge is 0.494 e. The first-order valence-electron chi connectivity index (χ1n) is 5.70. The molecule has 0 fully saturated rings. The van der Waals surface area contributed by atoms with E-state index in [-0.39, 0.29) is 5.91 Å². The lowest BCUT2D eigenvalue weighted by atomic mass is 10.3. The van der Waals surface area contributed by atoms with Crippen LogP contribution in [0.1, 0.15) is 13.8 Å². The highest BCUT2D eigenvalue weighted by molar-refractivity contribution is 7.22. The fourth-order valence-electron chi connectivity index (χ4n) is 1.43. The van der Waals surface area contributed by atoms with E-state index >= 15 is 0 Å². The number of fused-ring (bicyclic) bond motifs is 1. The van der Waals surface area contributed by atoms with Crippen molar-refractivity contribution in [2.75, 3.05) is 11.9 Å². The Kier molecular flexibility index (Phi) is 3.78. The van der Waals surface area contributed by atoms with E-state index in [0.717, 1.165) is 16.0 Å². The Morgan fingerprint density at radius 3 is 3.06 bits per heavy atom. The van der Waals surface area contributed by atoms with Gasteiger partial charge in [-0.15, -0.1) is 0 Å². The molecule has 96 valence electrons. The number of nitrogens with two attached hydrogens (primary N) is 1.